The fourth-order valence-corrected chi connectivity index (χ4v) is 6.67. The van der Waals surface area contributed by atoms with Gasteiger partial charge in [0.1, 0.15) is 6.54 Å². The monoisotopic (exact) mass is 570 g/mol. The van der Waals surface area contributed by atoms with E-state index in [0.717, 1.165) is 59.9 Å². The van der Waals surface area contributed by atoms with Gasteiger partial charge in [-0.3, -0.25) is 14.4 Å². The summed E-state index contributed by atoms with van der Waals surface area (Å²) in [6, 6.07) is 15.1. The lowest BCUT2D eigenvalue weighted by Crippen LogP contribution is -2.39. The van der Waals surface area contributed by atoms with Gasteiger partial charge in [0, 0.05) is 51.3 Å². The first-order chi connectivity index (χ1) is 19.5. The molecular weight excluding hydrogens is 533 g/mol. The fourth-order valence-electron chi connectivity index (χ4n) is 6.67. The van der Waals surface area contributed by atoms with Crippen LogP contribution in [0.2, 0.25) is 0 Å². The summed E-state index contributed by atoms with van der Waals surface area (Å²) in [5.74, 6) is -0.937. The minimum atomic E-state index is -4.49. The Hall–Kier alpha value is -3.40. The second-order valence-corrected chi connectivity index (χ2v) is 11.8. The van der Waals surface area contributed by atoms with Gasteiger partial charge in [0.25, 0.3) is 5.91 Å². The number of rotatable bonds is 8. The Morgan fingerprint density at radius 1 is 0.927 bits per heavy atom. The van der Waals surface area contributed by atoms with Crippen molar-refractivity contribution >= 4 is 17.7 Å². The zero-order valence-corrected chi connectivity index (χ0v) is 23.5. The number of benzene rings is 2. The maximum Gasteiger partial charge on any atom is 0.406 e. The molecule has 3 heterocycles. The van der Waals surface area contributed by atoms with Crippen LogP contribution in [0.3, 0.4) is 0 Å². The van der Waals surface area contributed by atoms with Crippen LogP contribution in [0.5, 0.6) is 0 Å². The highest BCUT2D eigenvalue weighted by atomic mass is 19.4. The molecule has 3 saturated heterocycles. The molecule has 7 nitrogen and oxygen atoms in total. The lowest BCUT2D eigenvalue weighted by atomic mass is 10.0. The largest absolute Gasteiger partial charge is 0.406 e. The summed E-state index contributed by atoms with van der Waals surface area (Å²) in [5.41, 5.74) is 3.72. The molecule has 0 aromatic heterocycles. The van der Waals surface area contributed by atoms with Crippen LogP contribution < -0.4 is 5.32 Å². The SMILES string of the molecule is Cc1cccc(C)c1C(=O)N1CC2CN(CCC(NC(=O)C3CC(=O)N(CC(F)(F)F)C3)c3ccccc3)C[C@H]2C1. The van der Waals surface area contributed by atoms with E-state index in [-0.39, 0.29) is 24.9 Å². The number of alkyl halides is 3. The van der Waals surface area contributed by atoms with E-state index in [0.29, 0.717) is 18.3 Å². The van der Waals surface area contributed by atoms with Crippen molar-refractivity contribution in [1.29, 1.82) is 0 Å². The van der Waals surface area contributed by atoms with Crippen molar-refractivity contribution in [3.05, 3.63) is 70.8 Å². The van der Waals surface area contributed by atoms with Crippen molar-refractivity contribution in [3.8, 4) is 0 Å². The number of carbonyl (C=O) groups is 3. The highest BCUT2D eigenvalue weighted by Crippen LogP contribution is 2.33. The number of fused-ring (bicyclic) bond motifs is 1. The second-order valence-electron chi connectivity index (χ2n) is 11.8. The van der Waals surface area contributed by atoms with Gasteiger partial charge in [0.2, 0.25) is 11.8 Å². The molecule has 0 saturated carbocycles. The average molecular weight is 571 g/mol. The highest BCUT2D eigenvalue weighted by molar-refractivity contribution is 5.97. The first kappa shape index (κ1) is 29.1. The summed E-state index contributed by atoms with van der Waals surface area (Å²) < 4.78 is 38.5. The second kappa shape index (κ2) is 11.8. The molecule has 0 bridgehead atoms. The average Bonchev–Trinajstić information content (AvgIpc) is 3.59. The third kappa shape index (κ3) is 6.74. The lowest BCUT2D eigenvalue weighted by Gasteiger charge is -2.26. The Morgan fingerprint density at radius 3 is 2.17 bits per heavy atom. The molecule has 3 unspecified atom stereocenters. The van der Waals surface area contributed by atoms with Crippen molar-refractivity contribution in [2.75, 3.05) is 45.8 Å². The fraction of sp³-hybridized carbons (Fsp3) is 0.516. The van der Waals surface area contributed by atoms with Crippen molar-refractivity contribution in [2.24, 2.45) is 17.8 Å². The standard InChI is InChI=1S/C31H37F3N4O3/c1-20-7-6-8-21(2)28(20)30(41)37-17-24-14-36(15-25(24)18-37)12-11-26(22-9-4-3-5-10-22)35-29(40)23-13-27(39)38(16-23)19-31(32,33)34/h3-10,23-26H,11-19H2,1-2H3,(H,35,40)/t23?,24-,25?,26?/m0/s1. The van der Waals surface area contributed by atoms with Crippen LogP contribution in [0, 0.1) is 31.6 Å². The van der Waals surface area contributed by atoms with Gasteiger partial charge in [-0.25, -0.2) is 0 Å². The first-order valence-corrected chi connectivity index (χ1v) is 14.3. The normalized spacial score (nSPS) is 23.6. The summed E-state index contributed by atoms with van der Waals surface area (Å²) in [4.78, 5) is 43.6. The first-order valence-electron chi connectivity index (χ1n) is 14.3. The summed E-state index contributed by atoms with van der Waals surface area (Å²) in [6.07, 6.45) is -4.07. The van der Waals surface area contributed by atoms with Crippen LogP contribution in [-0.2, 0) is 9.59 Å². The molecule has 3 fully saturated rings. The minimum Gasteiger partial charge on any atom is -0.349 e. The number of likely N-dealkylation sites (tertiary alicyclic amines) is 3. The van der Waals surface area contributed by atoms with Gasteiger partial charge in [-0.2, -0.15) is 13.2 Å². The van der Waals surface area contributed by atoms with Gasteiger partial charge < -0.3 is 20.0 Å². The molecule has 4 atom stereocenters. The van der Waals surface area contributed by atoms with Crippen LogP contribution in [-0.4, -0.2) is 84.4 Å². The molecule has 5 rings (SSSR count). The summed E-state index contributed by atoms with van der Waals surface area (Å²) >= 11 is 0. The lowest BCUT2D eigenvalue weighted by molar-refractivity contribution is -0.157. The van der Waals surface area contributed by atoms with Crippen molar-refractivity contribution in [3.63, 3.8) is 0 Å². The summed E-state index contributed by atoms with van der Waals surface area (Å²) in [6.45, 7) is 6.35. The number of nitrogens with zero attached hydrogens (tertiary/aromatic N) is 3. The molecule has 3 aliphatic heterocycles. The van der Waals surface area contributed by atoms with Gasteiger partial charge in [-0.15, -0.1) is 0 Å². The predicted molar refractivity (Wildman–Crippen MR) is 148 cm³/mol. The zero-order chi connectivity index (χ0) is 29.3. The van der Waals surface area contributed by atoms with Crippen molar-refractivity contribution in [1.82, 2.24) is 20.0 Å². The van der Waals surface area contributed by atoms with E-state index in [4.69, 9.17) is 0 Å². The molecule has 3 aliphatic rings. The molecular formula is C31H37F3N4O3. The number of hydrogen-bond acceptors (Lipinski definition) is 4. The summed E-state index contributed by atoms with van der Waals surface area (Å²) in [7, 11) is 0. The Morgan fingerprint density at radius 2 is 1.56 bits per heavy atom. The Bertz CT molecular complexity index is 1250. The quantitative estimate of drug-likeness (QED) is 0.522. The molecule has 0 radical (unpaired) electrons. The van der Waals surface area contributed by atoms with E-state index in [9.17, 15) is 27.6 Å². The number of halogens is 3. The molecule has 10 heteroatoms. The van der Waals surface area contributed by atoms with E-state index >= 15 is 0 Å². The van der Waals surface area contributed by atoms with Crippen LogP contribution >= 0.6 is 0 Å². The number of carbonyl (C=O) groups excluding carboxylic acids is 3. The third-order valence-electron chi connectivity index (χ3n) is 8.75. The van der Waals surface area contributed by atoms with Crippen LogP contribution in [0.25, 0.3) is 0 Å². The number of nitrogens with one attached hydrogen (secondary N) is 1. The topological polar surface area (TPSA) is 73.0 Å². The Balaban J connectivity index is 1.16. The highest BCUT2D eigenvalue weighted by Gasteiger charge is 2.43. The van der Waals surface area contributed by atoms with Gasteiger partial charge in [-0.05, 0) is 48.8 Å². The van der Waals surface area contributed by atoms with Crippen molar-refractivity contribution < 1.29 is 27.6 Å². The van der Waals surface area contributed by atoms with Gasteiger partial charge in [-0.1, -0.05) is 48.5 Å². The van der Waals surface area contributed by atoms with Crippen LogP contribution in [0.15, 0.2) is 48.5 Å². The molecule has 2 aromatic rings. The summed E-state index contributed by atoms with van der Waals surface area (Å²) in [5, 5.41) is 3.03. The number of aryl methyl sites for hydroxylation is 2. The van der Waals surface area contributed by atoms with Gasteiger partial charge in [0.15, 0.2) is 0 Å². The molecule has 3 amide bonds. The molecule has 220 valence electrons. The van der Waals surface area contributed by atoms with Gasteiger partial charge in [0.05, 0.1) is 12.0 Å². The smallest absolute Gasteiger partial charge is 0.349 e. The van der Waals surface area contributed by atoms with Gasteiger partial charge >= 0.3 is 6.18 Å². The van der Waals surface area contributed by atoms with E-state index in [1.54, 1.807) is 0 Å². The maximum atomic E-state index is 13.3. The number of hydrogen-bond donors (Lipinski definition) is 1. The molecule has 41 heavy (non-hydrogen) atoms. The molecule has 2 aromatic carbocycles. The molecule has 0 spiro atoms. The Kier molecular flexibility index (Phi) is 8.40. The van der Waals surface area contributed by atoms with E-state index < -0.39 is 30.5 Å². The van der Waals surface area contributed by atoms with E-state index in [1.165, 1.54) is 0 Å². The number of amides is 3. The van der Waals surface area contributed by atoms with Crippen molar-refractivity contribution in [2.45, 2.75) is 38.9 Å². The zero-order valence-electron chi connectivity index (χ0n) is 23.5. The van der Waals surface area contributed by atoms with Crippen LogP contribution in [0.4, 0.5) is 13.2 Å². The third-order valence-corrected chi connectivity index (χ3v) is 8.75. The maximum absolute atomic E-state index is 13.3. The predicted octanol–water partition coefficient (Wildman–Crippen LogP) is 3.97. The van der Waals surface area contributed by atoms with E-state index in [1.807, 2.05) is 67.3 Å². The molecule has 0 aliphatic carbocycles. The minimum absolute atomic E-state index is 0.104. The van der Waals surface area contributed by atoms with E-state index in [2.05, 4.69) is 10.2 Å². The molecule has 1 N–H and O–H groups in total. The van der Waals surface area contributed by atoms with Crippen LogP contribution in [0.1, 0.15) is 45.9 Å². The Labute approximate surface area is 238 Å².